The molecule has 1 N–H and O–H groups in total. The fraction of sp³-hybridized carbons (Fsp3) is 0.833. The molecule has 0 aliphatic carbocycles. The summed E-state index contributed by atoms with van der Waals surface area (Å²) in [5.41, 5.74) is 0. The second-order valence-corrected chi connectivity index (χ2v) is 6.82. The second-order valence-electron chi connectivity index (χ2n) is 4.84. The van der Waals surface area contributed by atoms with E-state index in [1.807, 2.05) is 0 Å². The summed E-state index contributed by atoms with van der Waals surface area (Å²) in [6.07, 6.45) is 5.05. The van der Waals surface area contributed by atoms with E-state index in [0.717, 1.165) is 25.8 Å². The molecule has 1 saturated heterocycles. The average molecular weight is 276 g/mol. The molecule has 6 heteroatoms. The fourth-order valence-electron chi connectivity index (χ4n) is 2.16. The molecule has 0 unspecified atom stereocenters. The molecular formula is C12H24N2O3S. The topological polar surface area (TPSA) is 60.9 Å². The molecule has 5 nitrogen and oxygen atoms in total. The maximum Gasteiger partial charge on any atom is 0.211 e. The minimum Gasteiger partial charge on any atom is -0.392 e. The van der Waals surface area contributed by atoms with Crippen molar-refractivity contribution in [1.82, 2.24) is 9.21 Å². The lowest BCUT2D eigenvalue weighted by Crippen LogP contribution is -2.37. The highest BCUT2D eigenvalue weighted by molar-refractivity contribution is 7.88. The van der Waals surface area contributed by atoms with Gasteiger partial charge in [-0.15, -0.1) is 6.58 Å². The minimum absolute atomic E-state index is 0.354. The van der Waals surface area contributed by atoms with Gasteiger partial charge in [0.05, 0.1) is 12.4 Å². The summed E-state index contributed by atoms with van der Waals surface area (Å²) in [5.74, 6) is 0. The van der Waals surface area contributed by atoms with Gasteiger partial charge in [0.1, 0.15) is 0 Å². The van der Waals surface area contributed by atoms with Crippen LogP contribution in [0.15, 0.2) is 12.7 Å². The third kappa shape index (κ3) is 5.48. The molecule has 0 spiro atoms. The van der Waals surface area contributed by atoms with Gasteiger partial charge in [-0.2, -0.15) is 0 Å². The highest BCUT2D eigenvalue weighted by Gasteiger charge is 2.22. The number of nitrogens with zero attached hydrogens (tertiary/aromatic N) is 2. The van der Waals surface area contributed by atoms with Gasteiger partial charge in [0, 0.05) is 26.2 Å². The molecule has 1 fully saturated rings. The van der Waals surface area contributed by atoms with Crippen molar-refractivity contribution in [2.75, 3.05) is 39.0 Å². The molecule has 0 radical (unpaired) electrons. The maximum atomic E-state index is 11.5. The number of rotatable bonds is 6. The second kappa shape index (κ2) is 7.23. The highest BCUT2D eigenvalue weighted by Crippen LogP contribution is 2.08. The predicted molar refractivity (Wildman–Crippen MR) is 72.9 cm³/mol. The highest BCUT2D eigenvalue weighted by atomic mass is 32.2. The normalized spacial score (nSPS) is 21.4. The Labute approximate surface area is 110 Å². The molecule has 1 rings (SSSR count). The quantitative estimate of drug-likeness (QED) is 0.708. The first-order valence-electron chi connectivity index (χ1n) is 6.40. The molecule has 0 saturated carbocycles. The van der Waals surface area contributed by atoms with E-state index in [-0.39, 0.29) is 6.10 Å². The van der Waals surface area contributed by atoms with Crippen LogP contribution >= 0.6 is 0 Å². The lowest BCUT2D eigenvalue weighted by atomic mass is 10.2. The Hall–Kier alpha value is -0.430. The monoisotopic (exact) mass is 276 g/mol. The standard InChI is InChI=1S/C12H24N2O3S/c1-3-4-6-12(15)11-13-7-5-8-14(10-9-13)18(2,16)17/h3,12,15H,1,4-11H2,2H3/t12-/m1/s1. The smallest absolute Gasteiger partial charge is 0.211 e. The zero-order valence-electron chi connectivity index (χ0n) is 11.1. The number of hydrogen-bond donors (Lipinski definition) is 1. The van der Waals surface area contributed by atoms with E-state index in [9.17, 15) is 13.5 Å². The molecule has 1 heterocycles. The molecule has 1 atom stereocenters. The third-order valence-electron chi connectivity index (χ3n) is 3.19. The number of β-amino-alcohol motifs (C(OH)–C–C–N with tert-alkyl or cyclic N) is 1. The van der Waals surface area contributed by atoms with Gasteiger partial charge in [0.25, 0.3) is 0 Å². The van der Waals surface area contributed by atoms with Crippen LogP contribution < -0.4 is 0 Å². The van der Waals surface area contributed by atoms with Crippen molar-refractivity contribution in [3.05, 3.63) is 12.7 Å². The van der Waals surface area contributed by atoms with E-state index in [0.29, 0.717) is 26.2 Å². The average Bonchev–Trinajstić information content (AvgIpc) is 2.51. The first kappa shape index (κ1) is 15.6. The molecule has 106 valence electrons. The molecule has 1 aliphatic heterocycles. The van der Waals surface area contributed by atoms with Crippen molar-refractivity contribution in [3.8, 4) is 0 Å². The number of allylic oxidation sites excluding steroid dienone is 1. The van der Waals surface area contributed by atoms with Gasteiger partial charge in [-0.3, -0.25) is 4.90 Å². The van der Waals surface area contributed by atoms with Gasteiger partial charge < -0.3 is 5.11 Å². The van der Waals surface area contributed by atoms with Crippen LogP contribution in [0.3, 0.4) is 0 Å². The van der Waals surface area contributed by atoms with Crippen molar-refractivity contribution in [1.29, 1.82) is 0 Å². The molecule has 0 amide bonds. The fourth-order valence-corrected chi connectivity index (χ4v) is 3.04. The van der Waals surface area contributed by atoms with E-state index >= 15 is 0 Å². The lowest BCUT2D eigenvalue weighted by Gasteiger charge is -2.23. The predicted octanol–water partition coefficient (Wildman–Crippen LogP) is 0.281. The molecule has 0 bridgehead atoms. The van der Waals surface area contributed by atoms with Crippen molar-refractivity contribution in [3.63, 3.8) is 0 Å². The zero-order chi connectivity index (χ0) is 13.6. The van der Waals surface area contributed by atoms with Crippen molar-refractivity contribution in [2.24, 2.45) is 0 Å². The molecular weight excluding hydrogens is 252 g/mol. The van der Waals surface area contributed by atoms with Gasteiger partial charge in [-0.05, 0) is 25.8 Å². The first-order chi connectivity index (χ1) is 8.43. The maximum absolute atomic E-state index is 11.5. The summed E-state index contributed by atoms with van der Waals surface area (Å²) >= 11 is 0. The van der Waals surface area contributed by atoms with E-state index < -0.39 is 10.0 Å². The van der Waals surface area contributed by atoms with Crippen LogP contribution in [0, 0.1) is 0 Å². The third-order valence-corrected chi connectivity index (χ3v) is 4.49. The Balaban J connectivity index is 2.40. The van der Waals surface area contributed by atoms with Gasteiger partial charge >= 0.3 is 0 Å². The summed E-state index contributed by atoms with van der Waals surface area (Å²) in [5, 5.41) is 9.83. The summed E-state index contributed by atoms with van der Waals surface area (Å²) in [6, 6.07) is 0. The van der Waals surface area contributed by atoms with E-state index in [1.54, 1.807) is 6.08 Å². The molecule has 0 aromatic carbocycles. The molecule has 1 aliphatic rings. The van der Waals surface area contributed by atoms with Gasteiger partial charge in [-0.1, -0.05) is 6.08 Å². The van der Waals surface area contributed by atoms with Crippen LogP contribution in [0.2, 0.25) is 0 Å². The number of aliphatic hydroxyl groups is 1. The Morgan fingerprint density at radius 2 is 2.06 bits per heavy atom. The van der Waals surface area contributed by atoms with Crippen LogP contribution in [0.25, 0.3) is 0 Å². The van der Waals surface area contributed by atoms with E-state index in [2.05, 4.69) is 11.5 Å². The molecule has 0 aromatic rings. The Morgan fingerprint density at radius 3 is 2.67 bits per heavy atom. The Morgan fingerprint density at radius 1 is 1.33 bits per heavy atom. The van der Waals surface area contributed by atoms with Crippen molar-refractivity contribution in [2.45, 2.75) is 25.4 Å². The van der Waals surface area contributed by atoms with E-state index in [4.69, 9.17) is 0 Å². The van der Waals surface area contributed by atoms with Gasteiger partial charge in [0.15, 0.2) is 0 Å². The Kier molecular flexibility index (Phi) is 6.28. The van der Waals surface area contributed by atoms with Crippen LogP contribution in [0.4, 0.5) is 0 Å². The zero-order valence-corrected chi connectivity index (χ0v) is 11.9. The van der Waals surface area contributed by atoms with E-state index in [1.165, 1.54) is 10.6 Å². The van der Waals surface area contributed by atoms with Gasteiger partial charge in [-0.25, -0.2) is 12.7 Å². The van der Waals surface area contributed by atoms with Crippen molar-refractivity contribution < 1.29 is 13.5 Å². The lowest BCUT2D eigenvalue weighted by molar-refractivity contribution is 0.109. The van der Waals surface area contributed by atoms with Crippen LogP contribution in [-0.4, -0.2) is 67.8 Å². The summed E-state index contributed by atoms with van der Waals surface area (Å²) in [4.78, 5) is 2.14. The minimum atomic E-state index is -3.08. The number of hydrogen-bond acceptors (Lipinski definition) is 4. The first-order valence-corrected chi connectivity index (χ1v) is 8.24. The van der Waals surface area contributed by atoms with Gasteiger partial charge in [0.2, 0.25) is 10.0 Å². The van der Waals surface area contributed by atoms with Crippen LogP contribution in [0.1, 0.15) is 19.3 Å². The number of aliphatic hydroxyl groups excluding tert-OH is 1. The molecule has 18 heavy (non-hydrogen) atoms. The van der Waals surface area contributed by atoms with Crippen LogP contribution in [-0.2, 0) is 10.0 Å². The SMILES string of the molecule is C=CCC[C@@H](O)CN1CCCN(S(C)(=O)=O)CC1. The largest absolute Gasteiger partial charge is 0.392 e. The Bertz CT molecular complexity index is 356. The summed E-state index contributed by atoms with van der Waals surface area (Å²) in [6.45, 7) is 6.89. The summed E-state index contributed by atoms with van der Waals surface area (Å²) < 4.78 is 24.4. The van der Waals surface area contributed by atoms with Crippen molar-refractivity contribution >= 4 is 10.0 Å². The number of sulfonamides is 1. The molecule has 0 aromatic heterocycles. The summed E-state index contributed by atoms with van der Waals surface area (Å²) in [7, 11) is -3.08. The van der Waals surface area contributed by atoms with Crippen LogP contribution in [0.5, 0.6) is 0 Å².